The Morgan fingerprint density at radius 3 is 2.31 bits per heavy atom. The number of piperazine rings is 1. The minimum Gasteiger partial charge on any atom is -0.367 e. The van der Waals surface area contributed by atoms with Crippen molar-refractivity contribution in [2.75, 3.05) is 37.6 Å². The quantitative estimate of drug-likeness (QED) is 0.561. The molecule has 3 aromatic rings. The molecule has 1 N–H and O–H groups in total. The molecule has 1 saturated heterocycles. The molecular weight excluding hydrogens is 396 g/mol. The molecule has 5 nitrogen and oxygen atoms in total. The summed E-state index contributed by atoms with van der Waals surface area (Å²) in [6.45, 7) is 6.81. The number of carbonyl (C=O) groups excluding carboxylic acids is 1. The number of rotatable bonds is 6. The lowest BCUT2D eigenvalue weighted by Gasteiger charge is -2.37. The van der Waals surface area contributed by atoms with Crippen molar-refractivity contribution in [3.05, 3.63) is 66.7 Å². The Morgan fingerprint density at radius 1 is 0.875 bits per heavy atom. The first-order valence-corrected chi connectivity index (χ1v) is 11.2. The van der Waals surface area contributed by atoms with Crippen LogP contribution in [-0.2, 0) is 4.79 Å². The molecule has 1 aliphatic rings. The summed E-state index contributed by atoms with van der Waals surface area (Å²) in [6, 6.07) is 23.5. The number of hydrogen-bond acceptors (Lipinski definition) is 4. The molecule has 164 valence electrons. The molecule has 3 aromatic carbocycles. The minimum absolute atomic E-state index is 0.0639. The van der Waals surface area contributed by atoms with Gasteiger partial charge in [0.25, 0.3) is 0 Å². The molecule has 1 amide bonds. The van der Waals surface area contributed by atoms with Gasteiger partial charge in [-0.2, -0.15) is 0 Å². The fourth-order valence-corrected chi connectivity index (χ4v) is 4.38. The van der Waals surface area contributed by atoms with Crippen molar-refractivity contribution < 1.29 is 4.79 Å². The number of benzene rings is 3. The van der Waals surface area contributed by atoms with E-state index in [1.165, 1.54) is 27.6 Å². The summed E-state index contributed by atoms with van der Waals surface area (Å²) in [5.41, 5.74) is 5.09. The zero-order valence-corrected chi connectivity index (χ0v) is 18.8. The SMILES string of the molecule is CC(=N)CC(C)=NCC(=O)N1CCN(c2ccccc2-c2cccc3ccccc23)CC1. The number of nitrogens with one attached hydrogen (secondary N) is 1. The van der Waals surface area contributed by atoms with Crippen LogP contribution in [0.4, 0.5) is 5.69 Å². The van der Waals surface area contributed by atoms with E-state index in [-0.39, 0.29) is 12.5 Å². The highest BCUT2D eigenvalue weighted by atomic mass is 16.2. The van der Waals surface area contributed by atoms with Crippen LogP contribution in [0.25, 0.3) is 21.9 Å². The summed E-state index contributed by atoms with van der Waals surface area (Å²) in [5.74, 6) is 0.0639. The van der Waals surface area contributed by atoms with Crippen molar-refractivity contribution in [1.82, 2.24) is 4.90 Å². The largest absolute Gasteiger partial charge is 0.367 e. The number of fused-ring (bicyclic) bond motifs is 1. The van der Waals surface area contributed by atoms with Gasteiger partial charge in [0.1, 0.15) is 6.54 Å². The van der Waals surface area contributed by atoms with Crippen molar-refractivity contribution in [1.29, 1.82) is 5.41 Å². The van der Waals surface area contributed by atoms with E-state index in [9.17, 15) is 4.79 Å². The molecule has 1 aliphatic heterocycles. The van der Waals surface area contributed by atoms with Crippen molar-refractivity contribution >= 4 is 33.8 Å². The fourth-order valence-electron chi connectivity index (χ4n) is 4.38. The lowest BCUT2D eigenvalue weighted by atomic mass is 9.96. The third-order valence-electron chi connectivity index (χ3n) is 5.96. The zero-order valence-electron chi connectivity index (χ0n) is 18.8. The predicted octanol–water partition coefficient (Wildman–Crippen LogP) is 5.05. The highest BCUT2D eigenvalue weighted by Gasteiger charge is 2.23. The molecule has 4 rings (SSSR count). The highest BCUT2D eigenvalue weighted by Crippen LogP contribution is 2.35. The first-order chi connectivity index (χ1) is 15.5. The van der Waals surface area contributed by atoms with Gasteiger partial charge in [0, 0.05) is 55.3 Å². The molecule has 0 radical (unpaired) electrons. The standard InChI is InChI=1S/C27H30N4O/c1-20(28)18-21(2)29-19-27(32)31-16-14-30(15-17-31)26-13-6-5-11-25(26)24-12-7-9-22-8-3-4-10-23(22)24/h3-13,28H,14-19H2,1-2H3. The van der Waals surface area contributed by atoms with Gasteiger partial charge in [-0.3, -0.25) is 9.79 Å². The van der Waals surface area contributed by atoms with Crippen LogP contribution in [0.3, 0.4) is 0 Å². The lowest BCUT2D eigenvalue weighted by molar-refractivity contribution is -0.129. The van der Waals surface area contributed by atoms with Crippen molar-refractivity contribution in [2.24, 2.45) is 4.99 Å². The van der Waals surface area contributed by atoms with E-state index >= 15 is 0 Å². The van der Waals surface area contributed by atoms with Gasteiger partial charge in [0.15, 0.2) is 0 Å². The maximum absolute atomic E-state index is 12.6. The fraction of sp³-hybridized carbons (Fsp3) is 0.296. The van der Waals surface area contributed by atoms with Crippen LogP contribution in [0.2, 0.25) is 0 Å². The highest BCUT2D eigenvalue weighted by molar-refractivity contribution is 6.01. The average Bonchev–Trinajstić information content (AvgIpc) is 2.82. The van der Waals surface area contributed by atoms with Crippen molar-refractivity contribution in [3.8, 4) is 11.1 Å². The monoisotopic (exact) mass is 426 g/mol. The number of para-hydroxylation sites is 1. The second-order valence-electron chi connectivity index (χ2n) is 8.42. The van der Waals surface area contributed by atoms with Crippen LogP contribution in [-0.4, -0.2) is 55.0 Å². The van der Waals surface area contributed by atoms with Gasteiger partial charge in [-0.1, -0.05) is 60.7 Å². The Bertz CT molecular complexity index is 1150. The third-order valence-corrected chi connectivity index (χ3v) is 5.96. The van der Waals surface area contributed by atoms with E-state index in [1.807, 2.05) is 11.8 Å². The molecule has 0 saturated carbocycles. The van der Waals surface area contributed by atoms with Crippen LogP contribution >= 0.6 is 0 Å². The van der Waals surface area contributed by atoms with E-state index in [2.05, 4.69) is 76.6 Å². The van der Waals surface area contributed by atoms with Crippen LogP contribution in [0.5, 0.6) is 0 Å². The summed E-state index contributed by atoms with van der Waals surface area (Å²) in [5, 5.41) is 10.0. The maximum Gasteiger partial charge on any atom is 0.244 e. The molecule has 0 atom stereocenters. The number of hydrogen-bond donors (Lipinski definition) is 1. The predicted molar refractivity (Wildman–Crippen MR) is 134 cm³/mol. The first kappa shape index (κ1) is 21.8. The molecule has 0 spiro atoms. The van der Waals surface area contributed by atoms with Crippen LogP contribution in [0.15, 0.2) is 71.7 Å². The smallest absolute Gasteiger partial charge is 0.244 e. The topological polar surface area (TPSA) is 59.8 Å². The van der Waals surface area contributed by atoms with E-state index in [0.29, 0.717) is 25.2 Å². The number of nitrogens with zero attached hydrogens (tertiary/aromatic N) is 3. The van der Waals surface area contributed by atoms with Crippen LogP contribution < -0.4 is 4.90 Å². The van der Waals surface area contributed by atoms with Crippen LogP contribution in [0.1, 0.15) is 20.3 Å². The van der Waals surface area contributed by atoms with Crippen LogP contribution in [0, 0.1) is 5.41 Å². The first-order valence-electron chi connectivity index (χ1n) is 11.2. The Balaban J connectivity index is 1.48. The van der Waals surface area contributed by atoms with Crippen molar-refractivity contribution in [2.45, 2.75) is 20.3 Å². The molecule has 0 aliphatic carbocycles. The molecule has 1 fully saturated rings. The summed E-state index contributed by atoms with van der Waals surface area (Å²) in [6.07, 6.45) is 0.534. The van der Waals surface area contributed by atoms with Gasteiger partial charge in [-0.05, 0) is 36.2 Å². The second-order valence-corrected chi connectivity index (χ2v) is 8.42. The normalized spacial score (nSPS) is 14.6. The van der Waals surface area contributed by atoms with Gasteiger partial charge in [-0.15, -0.1) is 0 Å². The Kier molecular flexibility index (Phi) is 6.64. The number of aliphatic imine (C=N–C) groups is 1. The second kappa shape index (κ2) is 9.77. The zero-order chi connectivity index (χ0) is 22.5. The van der Waals surface area contributed by atoms with E-state index < -0.39 is 0 Å². The molecule has 1 heterocycles. The molecule has 0 aromatic heterocycles. The number of amides is 1. The summed E-state index contributed by atoms with van der Waals surface area (Å²) >= 11 is 0. The lowest BCUT2D eigenvalue weighted by Crippen LogP contribution is -2.49. The summed E-state index contributed by atoms with van der Waals surface area (Å²) in [4.78, 5) is 21.3. The molecule has 5 heteroatoms. The van der Waals surface area contributed by atoms with Gasteiger partial charge in [-0.25, -0.2) is 0 Å². The van der Waals surface area contributed by atoms with Crippen molar-refractivity contribution in [3.63, 3.8) is 0 Å². The summed E-state index contributed by atoms with van der Waals surface area (Å²) in [7, 11) is 0. The van der Waals surface area contributed by atoms with E-state index in [0.717, 1.165) is 18.8 Å². The molecule has 32 heavy (non-hydrogen) atoms. The van der Waals surface area contributed by atoms with Gasteiger partial charge >= 0.3 is 0 Å². The maximum atomic E-state index is 12.6. The number of anilines is 1. The van der Waals surface area contributed by atoms with Gasteiger partial charge in [0.05, 0.1) is 0 Å². The Morgan fingerprint density at radius 2 is 1.53 bits per heavy atom. The van der Waals surface area contributed by atoms with Gasteiger partial charge in [0.2, 0.25) is 5.91 Å². The molecule has 0 bridgehead atoms. The van der Waals surface area contributed by atoms with E-state index in [4.69, 9.17) is 5.41 Å². The molecular formula is C27H30N4O. The van der Waals surface area contributed by atoms with Gasteiger partial charge < -0.3 is 15.2 Å². The summed E-state index contributed by atoms with van der Waals surface area (Å²) < 4.78 is 0. The Hall–Kier alpha value is -3.47. The molecule has 0 unspecified atom stereocenters. The number of carbonyl (C=O) groups is 1. The van der Waals surface area contributed by atoms with E-state index in [1.54, 1.807) is 6.92 Å². The average molecular weight is 427 g/mol. The minimum atomic E-state index is 0.0639. The Labute approximate surface area is 189 Å². The third kappa shape index (κ3) is 4.88.